The van der Waals surface area contributed by atoms with E-state index in [0.717, 1.165) is 5.56 Å². The molecule has 1 amide bonds. The number of hydrogen-bond donors (Lipinski definition) is 2. The molecule has 0 aliphatic carbocycles. The molecule has 0 spiro atoms. The zero-order valence-corrected chi connectivity index (χ0v) is 14.3. The van der Waals surface area contributed by atoms with Gasteiger partial charge in [0.05, 0.1) is 6.04 Å². The minimum atomic E-state index is -0.572. The van der Waals surface area contributed by atoms with Gasteiger partial charge in [0, 0.05) is 19.3 Å². The van der Waals surface area contributed by atoms with Crippen LogP contribution < -0.4 is 10.1 Å². The Morgan fingerprint density at radius 2 is 2.00 bits per heavy atom. The first-order chi connectivity index (χ1) is 10.9. The van der Waals surface area contributed by atoms with Crippen molar-refractivity contribution >= 4 is 6.09 Å². The van der Waals surface area contributed by atoms with Crippen molar-refractivity contribution in [2.45, 2.75) is 45.3 Å². The van der Waals surface area contributed by atoms with Gasteiger partial charge >= 0.3 is 6.09 Å². The standard InChI is InChI=1S/C17H27NO5/c1-17(2,3)23-16(20)18-14(9-7-11-19)13-8-5-6-10-15(13)22-12-21-4/h5-6,8,10,14,19H,7,9,11-12H2,1-4H3,(H,18,20). The summed E-state index contributed by atoms with van der Waals surface area (Å²) in [5.74, 6) is 0.633. The molecule has 0 aliphatic rings. The van der Waals surface area contributed by atoms with Gasteiger partial charge in [0.1, 0.15) is 11.4 Å². The van der Waals surface area contributed by atoms with Crippen LogP contribution in [0.1, 0.15) is 45.2 Å². The molecule has 0 aliphatic heterocycles. The van der Waals surface area contributed by atoms with Crippen molar-refractivity contribution in [2.24, 2.45) is 0 Å². The lowest BCUT2D eigenvalue weighted by atomic mass is 10.0. The monoisotopic (exact) mass is 325 g/mol. The second-order valence-electron chi connectivity index (χ2n) is 6.15. The number of aliphatic hydroxyl groups excluding tert-OH is 1. The maximum absolute atomic E-state index is 12.1. The Morgan fingerprint density at radius 1 is 1.30 bits per heavy atom. The molecule has 1 atom stereocenters. The first-order valence-electron chi connectivity index (χ1n) is 7.68. The van der Waals surface area contributed by atoms with Crippen LogP contribution in [-0.4, -0.2) is 37.3 Å². The van der Waals surface area contributed by atoms with Crippen LogP contribution in [-0.2, 0) is 9.47 Å². The highest BCUT2D eigenvalue weighted by Gasteiger charge is 2.22. The van der Waals surface area contributed by atoms with Crippen LogP contribution in [0.3, 0.4) is 0 Å². The van der Waals surface area contributed by atoms with Crippen LogP contribution in [0.25, 0.3) is 0 Å². The Labute approximate surface area is 137 Å². The number of carbonyl (C=O) groups is 1. The minimum absolute atomic E-state index is 0.0492. The lowest BCUT2D eigenvalue weighted by molar-refractivity contribution is 0.0469. The lowest BCUT2D eigenvalue weighted by Crippen LogP contribution is -2.35. The van der Waals surface area contributed by atoms with Gasteiger partial charge < -0.3 is 24.6 Å². The normalized spacial score (nSPS) is 12.6. The molecule has 1 aromatic carbocycles. The number of amides is 1. The van der Waals surface area contributed by atoms with Crippen LogP contribution in [0.4, 0.5) is 4.79 Å². The summed E-state index contributed by atoms with van der Waals surface area (Å²) < 4.78 is 15.8. The van der Waals surface area contributed by atoms with Crippen molar-refractivity contribution in [1.29, 1.82) is 0 Å². The van der Waals surface area contributed by atoms with Crippen LogP contribution in [0.2, 0.25) is 0 Å². The minimum Gasteiger partial charge on any atom is -0.467 e. The fraction of sp³-hybridized carbons (Fsp3) is 0.588. The molecule has 23 heavy (non-hydrogen) atoms. The number of aliphatic hydroxyl groups is 1. The highest BCUT2D eigenvalue weighted by molar-refractivity contribution is 5.68. The van der Waals surface area contributed by atoms with E-state index in [2.05, 4.69) is 5.32 Å². The second kappa shape index (κ2) is 9.37. The van der Waals surface area contributed by atoms with Crippen molar-refractivity contribution in [3.8, 4) is 5.75 Å². The van der Waals surface area contributed by atoms with Crippen LogP contribution in [0.15, 0.2) is 24.3 Å². The molecule has 1 aromatic rings. The quantitative estimate of drug-likeness (QED) is 0.719. The van der Waals surface area contributed by atoms with E-state index in [0.29, 0.717) is 18.6 Å². The summed E-state index contributed by atoms with van der Waals surface area (Å²) in [7, 11) is 1.55. The fourth-order valence-corrected chi connectivity index (χ4v) is 2.07. The fourth-order valence-electron chi connectivity index (χ4n) is 2.07. The first-order valence-corrected chi connectivity index (χ1v) is 7.68. The van der Waals surface area contributed by atoms with E-state index in [9.17, 15) is 4.79 Å². The third-order valence-corrected chi connectivity index (χ3v) is 2.97. The van der Waals surface area contributed by atoms with E-state index in [-0.39, 0.29) is 19.4 Å². The van der Waals surface area contributed by atoms with Gasteiger partial charge in [-0.15, -0.1) is 0 Å². The molecule has 0 heterocycles. The number of ether oxygens (including phenoxy) is 3. The molecular formula is C17H27NO5. The van der Waals surface area contributed by atoms with Crippen molar-refractivity contribution in [2.75, 3.05) is 20.5 Å². The molecule has 6 nitrogen and oxygen atoms in total. The van der Waals surface area contributed by atoms with Gasteiger partial charge in [-0.3, -0.25) is 0 Å². The van der Waals surface area contributed by atoms with Gasteiger partial charge in [-0.1, -0.05) is 18.2 Å². The Kier molecular flexibility index (Phi) is 7.85. The second-order valence-corrected chi connectivity index (χ2v) is 6.15. The summed E-state index contributed by atoms with van der Waals surface area (Å²) in [6.07, 6.45) is 0.629. The number of alkyl carbamates (subject to hydrolysis) is 1. The summed E-state index contributed by atoms with van der Waals surface area (Å²) in [4.78, 5) is 12.1. The Balaban J connectivity index is 2.90. The summed E-state index contributed by atoms with van der Waals surface area (Å²) in [5.41, 5.74) is 0.251. The molecule has 0 saturated carbocycles. The summed E-state index contributed by atoms with van der Waals surface area (Å²) in [6, 6.07) is 7.11. The largest absolute Gasteiger partial charge is 0.467 e. The zero-order valence-electron chi connectivity index (χ0n) is 14.3. The number of nitrogens with one attached hydrogen (secondary N) is 1. The average Bonchev–Trinajstić information content (AvgIpc) is 2.48. The topological polar surface area (TPSA) is 77.0 Å². The molecule has 1 rings (SSSR count). The number of carbonyl (C=O) groups excluding carboxylic acids is 1. The molecule has 6 heteroatoms. The first kappa shape index (κ1) is 19.3. The van der Waals surface area contributed by atoms with Crippen molar-refractivity contribution < 1.29 is 24.1 Å². The smallest absolute Gasteiger partial charge is 0.408 e. The summed E-state index contributed by atoms with van der Waals surface area (Å²) >= 11 is 0. The van der Waals surface area contributed by atoms with Crippen molar-refractivity contribution in [3.05, 3.63) is 29.8 Å². The predicted octanol–water partition coefficient (Wildman–Crippen LogP) is 3.01. The molecule has 0 bridgehead atoms. The van der Waals surface area contributed by atoms with Gasteiger partial charge in [-0.25, -0.2) is 4.79 Å². The number of methoxy groups -OCH3 is 1. The summed E-state index contributed by atoms with van der Waals surface area (Å²) in [6.45, 7) is 5.60. The molecule has 0 aromatic heterocycles. The maximum atomic E-state index is 12.1. The zero-order chi connectivity index (χ0) is 17.3. The van der Waals surface area contributed by atoms with Crippen LogP contribution in [0, 0.1) is 0 Å². The molecular weight excluding hydrogens is 298 g/mol. The van der Waals surface area contributed by atoms with Crippen LogP contribution in [0.5, 0.6) is 5.75 Å². The lowest BCUT2D eigenvalue weighted by Gasteiger charge is -2.25. The van der Waals surface area contributed by atoms with Gasteiger partial charge in [0.25, 0.3) is 0 Å². The van der Waals surface area contributed by atoms with Gasteiger partial charge in [0.15, 0.2) is 6.79 Å². The Morgan fingerprint density at radius 3 is 2.61 bits per heavy atom. The maximum Gasteiger partial charge on any atom is 0.408 e. The molecule has 130 valence electrons. The van der Waals surface area contributed by atoms with E-state index in [1.54, 1.807) is 7.11 Å². The number of benzene rings is 1. The number of rotatable bonds is 8. The van der Waals surface area contributed by atoms with Gasteiger partial charge in [0.2, 0.25) is 0 Å². The third kappa shape index (κ3) is 7.34. The predicted molar refractivity (Wildman–Crippen MR) is 87.4 cm³/mol. The van der Waals surface area contributed by atoms with Gasteiger partial charge in [-0.05, 0) is 39.7 Å². The molecule has 0 fully saturated rings. The van der Waals surface area contributed by atoms with E-state index in [4.69, 9.17) is 19.3 Å². The highest BCUT2D eigenvalue weighted by Crippen LogP contribution is 2.28. The van der Waals surface area contributed by atoms with Crippen molar-refractivity contribution in [3.63, 3.8) is 0 Å². The van der Waals surface area contributed by atoms with E-state index < -0.39 is 11.7 Å². The molecule has 2 N–H and O–H groups in total. The van der Waals surface area contributed by atoms with E-state index in [1.165, 1.54) is 0 Å². The average molecular weight is 325 g/mol. The molecule has 0 saturated heterocycles. The number of hydrogen-bond acceptors (Lipinski definition) is 5. The molecule has 1 unspecified atom stereocenters. The van der Waals surface area contributed by atoms with E-state index in [1.807, 2.05) is 45.0 Å². The van der Waals surface area contributed by atoms with Gasteiger partial charge in [-0.2, -0.15) is 0 Å². The van der Waals surface area contributed by atoms with E-state index >= 15 is 0 Å². The van der Waals surface area contributed by atoms with Crippen LogP contribution >= 0.6 is 0 Å². The highest BCUT2D eigenvalue weighted by atomic mass is 16.7. The van der Waals surface area contributed by atoms with Crippen molar-refractivity contribution in [1.82, 2.24) is 5.32 Å². The molecule has 0 radical (unpaired) electrons. The summed E-state index contributed by atoms with van der Waals surface area (Å²) in [5, 5.41) is 11.9. The SMILES string of the molecule is COCOc1ccccc1C(CCCO)NC(=O)OC(C)(C)C. The Hall–Kier alpha value is -1.79. The number of para-hydroxylation sites is 1. The third-order valence-electron chi connectivity index (χ3n) is 2.97. The Bertz CT molecular complexity index is 484.